The molecule has 0 amide bonds. The quantitative estimate of drug-likeness (QED) is 0.652. The first-order chi connectivity index (χ1) is 8.73. The largest absolute Gasteiger partial charge is 0.392 e. The van der Waals surface area contributed by atoms with Crippen molar-refractivity contribution in [3.8, 4) is 0 Å². The molecule has 1 aliphatic carbocycles. The Morgan fingerprint density at radius 1 is 1.53 bits per heavy atom. The molecular formula is C13H17FN2O3. The summed E-state index contributed by atoms with van der Waals surface area (Å²) in [5.74, 6) is -0.592. The molecule has 6 heteroatoms. The Morgan fingerprint density at radius 2 is 2.16 bits per heavy atom. The predicted molar refractivity (Wildman–Crippen MR) is 69.6 cm³/mol. The number of aliphatic hydroxyl groups excluding tert-OH is 1. The normalized spacial score (nSPS) is 24.7. The van der Waals surface area contributed by atoms with E-state index in [4.69, 9.17) is 0 Å². The standard InChI is InChI=1S/C13H17FN2O3/c1-7-4-9(10(16(18)19)5-8(7)14)15-11-6-12(17)13(11,2)3/h4-5,11-12,15,17H,6H2,1-3H3. The number of aryl methyl sites for hydroxylation is 1. The maximum atomic E-state index is 13.4. The van der Waals surface area contributed by atoms with Crippen molar-refractivity contribution in [2.75, 3.05) is 5.32 Å². The molecule has 1 saturated carbocycles. The van der Waals surface area contributed by atoms with Crippen molar-refractivity contribution in [1.82, 2.24) is 0 Å². The van der Waals surface area contributed by atoms with Crippen molar-refractivity contribution in [3.63, 3.8) is 0 Å². The van der Waals surface area contributed by atoms with Crippen LogP contribution in [0.1, 0.15) is 25.8 Å². The number of halogens is 1. The van der Waals surface area contributed by atoms with Gasteiger partial charge in [-0.15, -0.1) is 0 Å². The van der Waals surface area contributed by atoms with Crippen molar-refractivity contribution < 1.29 is 14.4 Å². The van der Waals surface area contributed by atoms with Crippen LogP contribution in [0.2, 0.25) is 0 Å². The van der Waals surface area contributed by atoms with E-state index in [1.165, 1.54) is 6.07 Å². The highest BCUT2D eigenvalue weighted by Crippen LogP contribution is 2.43. The maximum Gasteiger partial charge on any atom is 0.295 e. The van der Waals surface area contributed by atoms with Crippen LogP contribution < -0.4 is 5.32 Å². The number of rotatable bonds is 3. The summed E-state index contributed by atoms with van der Waals surface area (Å²) in [5.41, 5.74) is 0.0239. The molecule has 1 fully saturated rings. The molecule has 104 valence electrons. The van der Waals surface area contributed by atoms with Crippen molar-refractivity contribution >= 4 is 11.4 Å². The number of nitro groups is 1. The fourth-order valence-corrected chi connectivity index (χ4v) is 2.27. The van der Waals surface area contributed by atoms with Crippen LogP contribution in [0.15, 0.2) is 12.1 Å². The van der Waals surface area contributed by atoms with Gasteiger partial charge in [0.25, 0.3) is 5.69 Å². The first-order valence-electron chi connectivity index (χ1n) is 6.12. The molecule has 0 saturated heterocycles. The van der Waals surface area contributed by atoms with Gasteiger partial charge in [-0.1, -0.05) is 13.8 Å². The molecule has 0 aliphatic heterocycles. The highest BCUT2D eigenvalue weighted by atomic mass is 19.1. The van der Waals surface area contributed by atoms with E-state index in [2.05, 4.69) is 5.32 Å². The third kappa shape index (κ3) is 2.28. The second kappa shape index (κ2) is 4.45. The average Bonchev–Trinajstić information content (AvgIpc) is 2.32. The van der Waals surface area contributed by atoms with E-state index < -0.39 is 16.8 Å². The fraction of sp³-hybridized carbons (Fsp3) is 0.538. The van der Waals surface area contributed by atoms with Crippen LogP contribution in [-0.4, -0.2) is 22.2 Å². The zero-order valence-electron chi connectivity index (χ0n) is 11.1. The molecule has 5 nitrogen and oxygen atoms in total. The van der Waals surface area contributed by atoms with Gasteiger partial charge in [-0.05, 0) is 25.0 Å². The number of hydrogen-bond acceptors (Lipinski definition) is 4. The number of nitrogens with one attached hydrogen (secondary N) is 1. The van der Waals surface area contributed by atoms with Crippen molar-refractivity contribution in [3.05, 3.63) is 33.6 Å². The monoisotopic (exact) mass is 268 g/mol. The fourth-order valence-electron chi connectivity index (χ4n) is 2.27. The minimum atomic E-state index is -0.604. The average molecular weight is 268 g/mol. The van der Waals surface area contributed by atoms with Crippen LogP contribution in [0.3, 0.4) is 0 Å². The number of nitrogens with zero attached hydrogens (tertiary/aromatic N) is 1. The van der Waals surface area contributed by atoms with Crippen LogP contribution in [0.25, 0.3) is 0 Å². The lowest BCUT2D eigenvalue weighted by molar-refractivity contribution is -0.384. The molecule has 1 aromatic rings. The second-order valence-electron chi connectivity index (χ2n) is 5.65. The second-order valence-corrected chi connectivity index (χ2v) is 5.65. The van der Waals surface area contributed by atoms with Crippen molar-refractivity contribution in [2.45, 2.75) is 39.3 Å². The first-order valence-corrected chi connectivity index (χ1v) is 6.12. The molecule has 0 bridgehead atoms. The van der Waals surface area contributed by atoms with E-state index in [1.54, 1.807) is 6.92 Å². The molecular weight excluding hydrogens is 251 g/mol. The number of aliphatic hydroxyl groups is 1. The van der Waals surface area contributed by atoms with E-state index in [0.717, 1.165) is 6.07 Å². The lowest BCUT2D eigenvalue weighted by Crippen LogP contribution is -2.56. The third-order valence-electron chi connectivity index (χ3n) is 4.02. The Bertz CT molecular complexity index is 531. The van der Waals surface area contributed by atoms with Crippen LogP contribution in [0.4, 0.5) is 15.8 Å². The molecule has 0 aromatic heterocycles. The highest BCUT2D eigenvalue weighted by molar-refractivity contribution is 5.64. The zero-order chi connectivity index (χ0) is 14.4. The van der Waals surface area contributed by atoms with E-state index in [0.29, 0.717) is 17.7 Å². The van der Waals surface area contributed by atoms with E-state index in [1.807, 2.05) is 13.8 Å². The molecule has 1 aliphatic rings. The summed E-state index contributed by atoms with van der Waals surface area (Å²) in [4.78, 5) is 10.3. The van der Waals surface area contributed by atoms with Crippen LogP contribution >= 0.6 is 0 Å². The Morgan fingerprint density at radius 3 is 2.63 bits per heavy atom. The summed E-state index contributed by atoms with van der Waals surface area (Å²) < 4.78 is 13.4. The molecule has 2 unspecified atom stereocenters. The van der Waals surface area contributed by atoms with Crippen molar-refractivity contribution in [2.24, 2.45) is 5.41 Å². The lowest BCUT2D eigenvalue weighted by Gasteiger charge is -2.49. The number of benzene rings is 1. The van der Waals surface area contributed by atoms with Crippen LogP contribution in [0.5, 0.6) is 0 Å². The third-order valence-corrected chi connectivity index (χ3v) is 4.02. The smallest absolute Gasteiger partial charge is 0.295 e. The topological polar surface area (TPSA) is 75.4 Å². The van der Waals surface area contributed by atoms with E-state index in [9.17, 15) is 19.6 Å². The van der Waals surface area contributed by atoms with Gasteiger partial charge in [-0.25, -0.2) is 4.39 Å². The Balaban J connectivity index is 2.30. The van der Waals surface area contributed by atoms with Gasteiger partial charge in [0.1, 0.15) is 11.5 Å². The van der Waals surface area contributed by atoms with Gasteiger partial charge >= 0.3 is 0 Å². The minimum Gasteiger partial charge on any atom is -0.392 e. The van der Waals surface area contributed by atoms with Gasteiger partial charge in [0.2, 0.25) is 0 Å². The first kappa shape index (κ1) is 13.7. The van der Waals surface area contributed by atoms with Gasteiger partial charge in [0.15, 0.2) is 0 Å². The number of anilines is 1. The minimum absolute atomic E-state index is 0.0638. The van der Waals surface area contributed by atoms with Gasteiger partial charge in [0.05, 0.1) is 17.1 Å². The molecule has 19 heavy (non-hydrogen) atoms. The summed E-state index contributed by atoms with van der Waals surface area (Å²) in [6.07, 6.45) is 0.103. The van der Waals surface area contributed by atoms with Gasteiger partial charge in [-0.3, -0.25) is 10.1 Å². The molecule has 0 radical (unpaired) electrons. The van der Waals surface area contributed by atoms with Gasteiger partial charge in [0, 0.05) is 11.5 Å². The SMILES string of the molecule is Cc1cc(NC2CC(O)C2(C)C)c([N+](=O)[O-])cc1F. The zero-order valence-corrected chi connectivity index (χ0v) is 11.1. The summed E-state index contributed by atoms with van der Waals surface area (Å²) in [7, 11) is 0. The summed E-state index contributed by atoms with van der Waals surface area (Å²) >= 11 is 0. The molecule has 0 heterocycles. The van der Waals surface area contributed by atoms with Gasteiger partial charge < -0.3 is 10.4 Å². The Kier molecular flexibility index (Phi) is 3.22. The molecule has 2 rings (SSSR count). The summed E-state index contributed by atoms with van der Waals surface area (Å²) in [6, 6.07) is 2.31. The maximum absolute atomic E-state index is 13.4. The van der Waals surface area contributed by atoms with Gasteiger partial charge in [-0.2, -0.15) is 0 Å². The predicted octanol–water partition coefficient (Wildman–Crippen LogP) is 2.61. The summed E-state index contributed by atoms with van der Waals surface area (Å²) in [5, 5.41) is 23.7. The number of nitro benzene ring substituents is 1. The van der Waals surface area contributed by atoms with E-state index >= 15 is 0 Å². The summed E-state index contributed by atoms with van der Waals surface area (Å²) in [6.45, 7) is 5.34. The lowest BCUT2D eigenvalue weighted by atomic mass is 9.64. The van der Waals surface area contributed by atoms with Crippen LogP contribution in [0, 0.1) is 28.3 Å². The number of hydrogen-bond donors (Lipinski definition) is 2. The van der Waals surface area contributed by atoms with E-state index in [-0.39, 0.29) is 17.1 Å². The Labute approximate surface area is 110 Å². The molecule has 2 N–H and O–H groups in total. The Hall–Kier alpha value is -1.69. The molecule has 0 spiro atoms. The van der Waals surface area contributed by atoms with Crippen molar-refractivity contribution in [1.29, 1.82) is 0 Å². The molecule has 1 aromatic carbocycles. The molecule has 2 atom stereocenters. The highest BCUT2D eigenvalue weighted by Gasteiger charge is 2.47. The van der Waals surface area contributed by atoms with Crippen LogP contribution in [-0.2, 0) is 0 Å².